The molecule has 0 saturated heterocycles. The summed E-state index contributed by atoms with van der Waals surface area (Å²) in [6.45, 7) is 4.11. The van der Waals surface area contributed by atoms with Crippen LogP contribution in [0.2, 0.25) is 5.02 Å². The molecule has 4 heteroatoms. The van der Waals surface area contributed by atoms with Crippen molar-refractivity contribution in [1.29, 1.82) is 0 Å². The Morgan fingerprint density at radius 2 is 1.77 bits per heavy atom. The van der Waals surface area contributed by atoms with Crippen LogP contribution in [0, 0.1) is 6.92 Å². The normalized spacial score (nSPS) is 12.9. The van der Waals surface area contributed by atoms with Crippen molar-refractivity contribution in [2.75, 3.05) is 18.0 Å². The Hall–Kier alpha value is -3.04. The third-order valence-corrected chi connectivity index (χ3v) is 6.00. The van der Waals surface area contributed by atoms with Gasteiger partial charge in [0.25, 0.3) is 0 Å². The number of nitrogens with zero attached hydrogens (tertiary/aromatic N) is 2. The Bertz CT molecular complexity index is 1190. The van der Waals surface area contributed by atoms with Crippen LogP contribution in [0.1, 0.15) is 16.8 Å². The molecule has 0 radical (unpaired) electrons. The van der Waals surface area contributed by atoms with Crippen LogP contribution in [0.5, 0.6) is 11.5 Å². The maximum atomic E-state index is 6.09. The zero-order chi connectivity index (χ0) is 20.5. The van der Waals surface area contributed by atoms with Crippen molar-refractivity contribution in [3.63, 3.8) is 0 Å². The Labute approximate surface area is 181 Å². The van der Waals surface area contributed by atoms with E-state index in [0.29, 0.717) is 0 Å². The van der Waals surface area contributed by atoms with E-state index in [-0.39, 0.29) is 0 Å². The molecule has 30 heavy (non-hydrogen) atoms. The summed E-state index contributed by atoms with van der Waals surface area (Å²) in [6.07, 6.45) is 2.02. The number of hydrogen-bond donors (Lipinski definition) is 0. The highest BCUT2D eigenvalue weighted by molar-refractivity contribution is 6.30. The van der Waals surface area contributed by atoms with Crippen molar-refractivity contribution in [1.82, 2.24) is 4.98 Å². The summed E-state index contributed by atoms with van der Waals surface area (Å²) < 4.78 is 6.09. The van der Waals surface area contributed by atoms with Crippen molar-refractivity contribution in [3.8, 4) is 11.5 Å². The SMILES string of the molecule is Cc1nc2ccc(Oc3ccccc3)cc2c2c1CCN2CCc1ccc(Cl)cc1. The van der Waals surface area contributed by atoms with E-state index < -0.39 is 0 Å². The first kappa shape index (κ1) is 19.0. The zero-order valence-electron chi connectivity index (χ0n) is 16.9. The average Bonchev–Trinajstić information content (AvgIpc) is 3.20. The number of halogens is 1. The molecule has 0 unspecified atom stereocenters. The van der Waals surface area contributed by atoms with Crippen LogP contribution in [0.3, 0.4) is 0 Å². The Balaban J connectivity index is 1.48. The number of fused-ring (bicyclic) bond motifs is 3. The van der Waals surface area contributed by atoms with E-state index in [0.717, 1.165) is 59.0 Å². The van der Waals surface area contributed by atoms with Crippen LogP contribution in [-0.4, -0.2) is 18.1 Å². The topological polar surface area (TPSA) is 25.4 Å². The van der Waals surface area contributed by atoms with Crippen LogP contribution in [0.15, 0.2) is 72.8 Å². The van der Waals surface area contributed by atoms with E-state index in [1.54, 1.807) is 0 Å². The molecular weight excluding hydrogens is 392 g/mol. The van der Waals surface area contributed by atoms with Gasteiger partial charge < -0.3 is 9.64 Å². The molecule has 1 aliphatic rings. The summed E-state index contributed by atoms with van der Waals surface area (Å²) in [5.41, 5.74) is 6.12. The molecule has 3 nitrogen and oxygen atoms in total. The van der Waals surface area contributed by atoms with E-state index in [9.17, 15) is 0 Å². The van der Waals surface area contributed by atoms with Gasteiger partial charge in [0, 0.05) is 29.2 Å². The van der Waals surface area contributed by atoms with Gasteiger partial charge >= 0.3 is 0 Å². The number of hydrogen-bond acceptors (Lipinski definition) is 3. The van der Waals surface area contributed by atoms with Gasteiger partial charge in [-0.15, -0.1) is 0 Å². The maximum absolute atomic E-state index is 6.09. The van der Waals surface area contributed by atoms with Gasteiger partial charge in [-0.1, -0.05) is 41.9 Å². The smallest absolute Gasteiger partial charge is 0.128 e. The minimum absolute atomic E-state index is 0.781. The molecule has 3 aromatic carbocycles. The molecule has 2 heterocycles. The lowest BCUT2D eigenvalue weighted by molar-refractivity contribution is 0.483. The van der Waals surface area contributed by atoms with Gasteiger partial charge in [0.1, 0.15) is 11.5 Å². The highest BCUT2D eigenvalue weighted by atomic mass is 35.5. The molecule has 0 bridgehead atoms. The molecule has 0 amide bonds. The zero-order valence-corrected chi connectivity index (χ0v) is 17.7. The molecule has 0 fully saturated rings. The van der Waals surface area contributed by atoms with Crippen molar-refractivity contribution >= 4 is 28.2 Å². The molecular formula is C26H23ClN2O. The average molecular weight is 415 g/mol. The lowest BCUT2D eigenvalue weighted by Crippen LogP contribution is -2.23. The number of anilines is 1. The van der Waals surface area contributed by atoms with E-state index in [1.165, 1.54) is 16.8 Å². The molecule has 1 aliphatic heterocycles. The number of benzene rings is 3. The first-order valence-electron chi connectivity index (χ1n) is 10.3. The number of pyridine rings is 1. The molecule has 4 aromatic rings. The predicted octanol–water partition coefficient (Wildman–Crippen LogP) is 6.59. The minimum atomic E-state index is 0.781. The number of aromatic nitrogens is 1. The summed E-state index contributed by atoms with van der Waals surface area (Å²) >= 11 is 6.03. The van der Waals surface area contributed by atoms with Crippen molar-refractivity contribution < 1.29 is 4.74 Å². The molecule has 0 N–H and O–H groups in total. The highest BCUT2D eigenvalue weighted by Crippen LogP contribution is 2.38. The lowest BCUT2D eigenvalue weighted by Gasteiger charge is -2.22. The third-order valence-electron chi connectivity index (χ3n) is 5.74. The van der Waals surface area contributed by atoms with Crippen molar-refractivity contribution in [3.05, 3.63) is 94.6 Å². The van der Waals surface area contributed by atoms with Gasteiger partial charge in [0.2, 0.25) is 0 Å². The lowest BCUT2D eigenvalue weighted by atomic mass is 10.1. The van der Waals surface area contributed by atoms with Gasteiger partial charge in [-0.25, -0.2) is 0 Å². The van der Waals surface area contributed by atoms with Crippen LogP contribution >= 0.6 is 11.6 Å². The monoisotopic (exact) mass is 414 g/mol. The number of para-hydroxylation sites is 1. The molecule has 1 aromatic heterocycles. The van der Waals surface area contributed by atoms with Gasteiger partial charge in [-0.05, 0) is 73.4 Å². The Kier molecular flexibility index (Phi) is 5.06. The van der Waals surface area contributed by atoms with Crippen LogP contribution < -0.4 is 9.64 Å². The summed E-state index contributed by atoms with van der Waals surface area (Å²) in [5, 5.41) is 1.95. The Morgan fingerprint density at radius 1 is 0.967 bits per heavy atom. The van der Waals surface area contributed by atoms with Gasteiger partial charge in [-0.2, -0.15) is 0 Å². The van der Waals surface area contributed by atoms with Gasteiger partial charge in [-0.3, -0.25) is 4.98 Å². The third kappa shape index (κ3) is 3.73. The van der Waals surface area contributed by atoms with E-state index >= 15 is 0 Å². The first-order chi connectivity index (χ1) is 14.7. The second kappa shape index (κ2) is 8.00. The molecule has 150 valence electrons. The summed E-state index contributed by atoms with van der Waals surface area (Å²) in [4.78, 5) is 7.35. The van der Waals surface area contributed by atoms with Crippen LogP contribution in [0.25, 0.3) is 10.9 Å². The number of rotatable bonds is 5. The first-order valence-corrected chi connectivity index (χ1v) is 10.7. The van der Waals surface area contributed by atoms with Crippen LogP contribution in [-0.2, 0) is 12.8 Å². The second-order valence-electron chi connectivity index (χ2n) is 7.73. The molecule has 0 aliphatic carbocycles. The fraction of sp³-hybridized carbons (Fsp3) is 0.192. The molecule has 5 rings (SSSR count). The molecule has 0 atom stereocenters. The van der Waals surface area contributed by atoms with Gasteiger partial charge in [0.15, 0.2) is 0 Å². The van der Waals surface area contributed by atoms with E-state index in [2.05, 4.69) is 36.1 Å². The maximum Gasteiger partial charge on any atom is 0.128 e. The summed E-state index contributed by atoms with van der Waals surface area (Å²) in [7, 11) is 0. The van der Waals surface area contributed by atoms with Crippen LogP contribution in [0.4, 0.5) is 5.69 Å². The Morgan fingerprint density at radius 3 is 2.57 bits per heavy atom. The fourth-order valence-electron chi connectivity index (χ4n) is 4.23. The standard InChI is InChI=1S/C26H23ClN2O/c1-18-23-14-16-29(15-13-19-7-9-20(27)10-8-19)26(23)24-17-22(11-12-25(24)28-18)30-21-5-3-2-4-6-21/h2-12,17H,13-16H2,1H3. The fourth-order valence-corrected chi connectivity index (χ4v) is 4.36. The minimum Gasteiger partial charge on any atom is -0.457 e. The summed E-state index contributed by atoms with van der Waals surface area (Å²) in [6, 6.07) is 24.3. The van der Waals surface area contributed by atoms with Gasteiger partial charge in [0.05, 0.1) is 11.2 Å². The highest BCUT2D eigenvalue weighted by Gasteiger charge is 2.24. The summed E-state index contributed by atoms with van der Waals surface area (Å²) in [5.74, 6) is 1.68. The van der Waals surface area contributed by atoms with Crippen molar-refractivity contribution in [2.24, 2.45) is 0 Å². The largest absolute Gasteiger partial charge is 0.457 e. The quantitative estimate of drug-likeness (QED) is 0.368. The number of aryl methyl sites for hydroxylation is 1. The predicted molar refractivity (Wildman–Crippen MR) is 124 cm³/mol. The van der Waals surface area contributed by atoms with E-state index in [4.69, 9.17) is 21.3 Å². The molecule has 0 saturated carbocycles. The molecule has 0 spiro atoms. The van der Waals surface area contributed by atoms with E-state index in [1.807, 2.05) is 48.5 Å². The second-order valence-corrected chi connectivity index (χ2v) is 8.17. The number of ether oxygens (including phenoxy) is 1. The van der Waals surface area contributed by atoms with Crippen molar-refractivity contribution in [2.45, 2.75) is 19.8 Å².